The van der Waals surface area contributed by atoms with Crippen molar-refractivity contribution in [3.8, 4) is 0 Å². The molecule has 2 rings (SSSR count). The average molecular weight is 565 g/mol. The SMILES string of the molecule is CN=C(NCc1ccccc1[N+](=O)[O-])NCC1CCN(S(=O)(=O)C(F)(F)F)CC1.I. The van der Waals surface area contributed by atoms with Gasteiger partial charge in [-0.1, -0.05) is 18.2 Å². The number of nitrogens with zero attached hydrogens (tertiary/aromatic N) is 3. The fourth-order valence-electron chi connectivity index (χ4n) is 2.98. The Balaban J connectivity index is 0.00000450. The molecular formula is C16H23F3IN5O4S. The summed E-state index contributed by atoms with van der Waals surface area (Å²) in [5.74, 6) is 0.354. The maximum absolute atomic E-state index is 12.6. The van der Waals surface area contributed by atoms with Crippen LogP contribution in [0.4, 0.5) is 18.9 Å². The molecule has 1 aliphatic heterocycles. The van der Waals surface area contributed by atoms with E-state index in [0.717, 1.165) is 0 Å². The van der Waals surface area contributed by atoms with Gasteiger partial charge in [0.25, 0.3) is 5.69 Å². The molecule has 1 saturated heterocycles. The van der Waals surface area contributed by atoms with E-state index in [2.05, 4.69) is 15.6 Å². The Hall–Kier alpha value is -1.68. The number of aliphatic imine (C=N–C) groups is 1. The molecule has 170 valence electrons. The molecule has 1 aromatic carbocycles. The van der Waals surface area contributed by atoms with Gasteiger partial charge in [-0.15, -0.1) is 24.0 Å². The second-order valence-corrected chi connectivity index (χ2v) is 8.42. The lowest BCUT2D eigenvalue weighted by atomic mass is 9.98. The summed E-state index contributed by atoms with van der Waals surface area (Å²) in [6.07, 6.45) is 0.562. The summed E-state index contributed by atoms with van der Waals surface area (Å²) in [7, 11) is -3.77. The quantitative estimate of drug-likeness (QED) is 0.180. The van der Waals surface area contributed by atoms with Crippen LogP contribution in [0.1, 0.15) is 18.4 Å². The summed E-state index contributed by atoms with van der Waals surface area (Å²) in [4.78, 5) is 14.6. The first-order valence-corrected chi connectivity index (χ1v) is 10.2. The van der Waals surface area contributed by atoms with Gasteiger partial charge in [-0.25, -0.2) is 8.42 Å². The van der Waals surface area contributed by atoms with Crippen molar-refractivity contribution >= 4 is 45.6 Å². The van der Waals surface area contributed by atoms with Gasteiger partial charge in [0.15, 0.2) is 5.96 Å². The third-order valence-corrected chi connectivity index (χ3v) is 6.25. The number of nitrogens with one attached hydrogen (secondary N) is 2. The van der Waals surface area contributed by atoms with E-state index in [4.69, 9.17) is 0 Å². The van der Waals surface area contributed by atoms with Crippen LogP contribution < -0.4 is 10.6 Å². The Morgan fingerprint density at radius 3 is 2.40 bits per heavy atom. The Labute approximate surface area is 189 Å². The third kappa shape index (κ3) is 6.66. The van der Waals surface area contributed by atoms with Gasteiger partial charge in [0.1, 0.15) is 0 Å². The van der Waals surface area contributed by atoms with E-state index in [1.54, 1.807) is 18.2 Å². The molecule has 1 aromatic rings. The fourth-order valence-corrected chi connectivity index (χ4v) is 3.96. The predicted molar refractivity (Wildman–Crippen MR) is 116 cm³/mol. The summed E-state index contributed by atoms with van der Waals surface area (Å²) < 4.78 is 61.2. The number of guanidine groups is 1. The van der Waals surface area contributed by atoms with Crippen LogP contribution in [0, 0.1) is 16.0 Å². The first-order valence-electron chi connectivity index (χ1n) is 8.79. The number of hydrogen-bond acceptors (Lipinski definition) is 5. The molecular weight excluding hydrogens is 542 g/mol. The van der Waals surface area contributed by atoms with E-state index in [1.165, 1.54) is 13.1 Å². The molecule has 0 amide bonds. The Morgan fingerprint density at radius 1 is 1.27 bits per heavy atom. The summed E-state index contributed by atoms with van der Waals surface area (Å²) in [5, 5.41) is 17.0. The smallest absolute Gasteiger partial charge is 0.356 e. The number of nitro groups is 1. The van der Waals surface area contributed by atoms with Gasteiger partial charge < -0.3 is 10.6 Å². The number of para-hydroxylation sites is 1. The average Bonchev–Trinajstić information content (AvgIpc) is 2.67. The van der Waals surface area contributed by atoms with Crippen LogP contribution in [0.25, 0.3) is 0 Å². The summed E-state index contributed by atoms with van der Waals surface area (Å²) >= 11 is 0. The predicted octanol–water partition coefficient (Wildman–Crippen LogP) is 2.44. The van der Waals surface area contributed by atoms with Crippen molar-refractivity contribution in [2.45, 2.75) is 24.9 Å². The molecule has 0 aromatic heterocycles. The maximum atomic E-state index is 12.6. The Bertz CT molecular complexity index is 859. The largest absolute Gasteiger partial charge is 0.511 e. The lowest BCUT2D eigenvalue weighted by Crippen LogP contribution is -2.47. The highest BCUT2D eigenvalue weighted by atomic mass is 127. The van der Waals surface area contributed by atoms with Crippen LogP contribution in [0.15, 0.2) is 29.3 Å². The minimum Gasteiger partial charge on any atom is -0.356 e. The number of alkyl halides is 3. The van der Waals surface area contributed by atoms with Gasteiger partial charge in [0.05, 0.1) is 4.92 Å². The van der Waals surface area contributed by atoms with E-state index in [1.807, 2.05) is 0 Å². The van der Waals surface area contributed by atoms with Crippen LogP contribution in [0.5, 0.6) is 0 Å². The number of sulfonamides is 1. The van der Waals surface area contributed by atoms with Crippen molar-refractivity contribution in [2.75, 3.05) is 26.7 Å². The first-order chi connectivity index (χ1) is 13.6. The summed E-state index contributed by atoms with van der Waals surface area (Å²) in [6.45, 7) is 0.155. The molecule has 30 heavy (non-hydrogen) atoms. The maximum Gasteiger partial charge on any atom is 0.511 e. The molecule has 2 N–H and O–H groups in total. The molecule has 1 aliphatic rings. The highest BCUT2D eigenvalue weighted by Crippen LogP contribution is 2.30. The van der Waals surface area contributed by atoms with Crippen molar-refractivity contribution in [1.29, 1.82) is 0 Å². The van der Waals surface area contributed by atoms with Crippen LogP contribution in [-0.4, -0.2) is 55.8 Å². The van der Waals surface area contributed by atoms with E-state index in [0.29, 0.717) is 22.4 Å². The number of hydrogen-bond donors (Lipinski definition) is 2. The second-order valence-electron chi connectivity index (χ2n) is 6.49. The van der Waals surface area contributed by atoms with Gasteiger partial charge in [0.2, 0.25) is 0 Å². The lowest BCUT2D eigenvalue weighted by Gasteiger charge is -2.31. The van der Waals surface area contributed by atoms with Gasteiger partial charge in [0, 0.05) is 44.9 Å². The molecule has 0 unspecified atom stereocenters. The fraction of sp³-hybridized carbons (Fsp3) is 0.562. The summed E-state index contributed by atoms with van der Waals surface area (Å²) in [5.41, 5.74) is -4.83. The van der Waals surface area contributed by atoms with Crippen molar-refractivity contribution in [3.63, 3.8) is 0 Å². The van der Waals surface area contributed by atoms with Gasteiger partial charge in [-0.3, -0.25) is 15.1 Å². The molecule has 0 bridgehead atoms. The minimum absolute atomic E-state index is 0. The molecule has 9 nitrogen and oxygen atoms in total. The van der Waals surface area contributed by atoms with Crippen molar-refractivity contribution in [1.82, 2.24) is 14.9 Å². The van der Waals surface area contributed by atoms with E-state index >= 15 is 0 Å². The van der Waals surface area contributed by atoms with E-state index < -0.39 is 20.5 Å². The summed E-state index contributed by atoms with van der Waals surface area (Å²) in [6, 6.07) is 6.27. The standard InChI is InChI=1S/C16H22F3N5O4S.HI/c1-20-15(22-11-13-4-2-3-5-14(13)24(25)26)21-10-12-6-8-23(9-7-12)29(27,28)16(17,18)19;/h2-5,12H,6-11H2,1H3,(H2,20,21,22);1H. The zero-order valence-electron chi connectivity index (χ0n) is 16.1. The normalized spacial score (nSPS) is 16.6. The number of benzene rings is 1. The second kappa shape index (κ2) is 11.1. The highest BCUT2D eigenvalue weighted by Gasteiger charge is 2.50. The first kappa shape index (κ1) is 26.4. The van der Waals surface area contributed by atoms with E-state index in [-0.39, 0.29) is 68.1 Å². The molecule has 14 heteroatoms. The van der Waals surface area contributed by atoms with Crippen LogP contribution >= 0.6 is 24.0 Å². The van der Waals surface area contributed by atoms with E-state index in [9.17, 15) is 31.7 Å². The lowest BCUT2D eigenvalue weighted by molar-refractivity contribution is -0.385. The Morgan fingerprint density at radius 2 is 1.87 bits per heavy atom. The Kier molecular flexibility index (Phi) is 9.74. The number of rotatable bonds is 6. The zero-order valence-corrected chi connectivity index (χ0v) is 19.2. The van der Waals surface area contributed by atoms with Gasteiger partial charge in [-0.2, -0.15) is 17.5 Å². The number of nitro benzene ring substituents is 1. The van der Waals surface area contributed by atoms with Crippen LogP contribution in [-0.2, 0) is 16.6 Å². The topological polar surface area (TPSA) is 117 Å². The van der Waals surface area contributed by atoms with Crippen molar-refractivity contribution in [3.05, 3.63) is 39.9 Å². The monoisotopic (exact) mass is 565 g/mol. The van der Waals surface area contributed by atoms with Crippen LogP contribution in [0.3, 0.4) is 0 Å². The minimum atomic E-state index is -5.29. The number of piperidine rings is 1. The number of halogens is 4. The molecule has 0 radical (unpaired) electrons. The molecule has 0 atom stereocenters. The van der Waals surface area contributed by atoms with Gasteiger partial charge in [-0.05, 0) is 18.8 Å². The van der Waals surface area contributed by atoms with Crippen molar-refractivity contribution in [2.24, 2.45) is 10.9 Å². The van der Waals surface area contributed by atoms with Gasteiger partial charge >= 0.3 is 15.5 Å². The van der Waals surface area contributed by atoms with Crippen LogP contribution in [0.2, 0.25) is 0 Å². The molecule has 0 spiro atoms. The molecule has 0 aliphatic carbocycles. The molecule has 0 saturated carbocycles. The zero-order chi connectivity index (χ0) is 21.7. The third-order valence-electron chi connectivity index (χ3n) is 4.62. The van der Waals surface area contributed by atoms with Crippen molar-refractivity contribution < 1.29 is 26.5 Å². The molecule has 1 heterocycles. The molecule has 1 fully saturated rings. The highest BCUT2D eigenvalue weighted by molar-refractivity contribution is 14.0.